The van der Waals surface area contributed by atoms with Crippen molar-refractivity contribution < 1.29 is 9.47 Å². The van der Waals surface area contributed by atoms with Crippen LogP contribution in [0.15, 0.2) is 6.07 Å². The number of methoxy groups -OCH3 is 1. The van der Waals surface area contributed by atoms with Crippen molar-refractivity contribution >= 4 is 11.8 Å². The van der Waals surface area contributed by atoms with E-state index in [9.17, 15) is 5.21 Å². The highest BCUT2D eigenvalue weighted by Crippen LogP contribution is 2.15. The van der Waals surface area contributed by atoms with Crippen LogP contribution in [0.3, 0.4) is 0 Å². The van der Waals surface area contributed by atoms with Crippen LogP contribution in [0.25, 0.3) is 0 Å². The number of nitrogen functional groups attached to an aromatic ring is 1. The third kappa shape index (κ3) is 12.8. The van der Waals surface area contributed by atoms with E-state index in [0.717, 1.165) is 13.0 Å². The number of hydrogen-bond acceptors (Lipinski definition) is 5. The van der Waals surface area contributed by atoms with Gasteiger partial charge in [0.05, 0.1) is 13.2 Å². The highest BCUT2D eigenvalue weighted by atomic mass is 16.5. The fourth-order valence-electron chi connectivity index (χ4n) is 3.78. The van der Waals surface area contributed by atoms with Crippen LogP contribution >= 0.6 is 0 Å². The van der Waals surface area contributed by atoms with Gasteiger partial charge in [0.1, 0.15) is 0 Å². The van der Waals surface area contributed by atoms with Crippen molar-refractivity contribution in [2.75, 3.05) is 24.7 Å². The van der Waals surface area contributed by atoms with E-state index in [1.807, 2.05) is 0 Å². The van der Waals surface area contributed by atoms with Gasteiger partial charge >= 0.3 is 5.95 Å². The van der Waals surface area contributed by atoms with Crippen molar-refractivity contribution in [1.82, 2.24) is 4.98 Å². The molecule has 0 aliphatic rings. The number of nitrogens with zero attached hydrogens (tertiary/aromatic N) is 2. The molecule has 0 bridgehead atoms. The maximum atomic E-state index is 11.9. The summed E-state index contributed by atoms with van der Waals surface area (Å²) in [5.74, 6) is 0.652. The van der Waals surface area contributed by atoms with Crippen LogP contribution in [0.2, 0.25) is 0 Å². The second kappa shape index (κ2) is 18.1. The highest BCUT2D eigenvalue weighted by molar-refractivity contribution is 5.36. The molecule has 0 spiro atoms. The lowest BCUT2D eigenvalue weighted by Crippen LogP contribution is -2.35. The number of aromatic nitrogens is 2. The molecule has 0 aromatic carbocycles. The lowest BCUT2D eigenvalue weighted by atomic mass is 10.0. The maximum Gasteiger partial charge on any atom is 0.347 e. The minimum absolute atomic E-state index is 0.0979. The van der Waals surface area contributed by atoms with Crippen LogP contribution < -0.4 is 20.5 Å². The zero-order chi connectivity index (χ0) is 21.9. The van der Waals surface area contributed by atoms with Crippen molar-refractivity contribution in [3.63, 3.8) is 0 Å². The Bertz CT molecular complexity index is 540. The normalized spacial score (nSPS) is 11.0. The summed E-state index contributed by atoms with van der Waals surface area (Å²) in [6.45, 7) is 3.04. The topological polar surface area (TPSA) is 87.1 Å². The Balaban J connectivity index is 1.86. The van der Waals surface area contributed by atoms with E-state index in [1.165, 1.54) is 110 Å². The third-order valence-corrected chi connectivity index (χ3v) is 5.71. The molecule has 0 fully saturated rings. The molecule has 0 aliphatic carbocycles. The smallest absolute Gasteiger partial charge is 0.347 e. The van der Waals surface area contributed by atoms with Gasteiger partial charge in [-0.15, -0.1) is 0 Å². The van der Waals surface area contributed by atoms with Gasteiger partial charge in [0.2, 0.25) is 5.82 Å². The number of hydrogen-bond donors (Lipinski definition) is 2. The van der Waals surface area contributed by atoms with Crippen molar-refractivity contribution in [2.24, 2.45) is 0 Å². The molecule has 0 radical (unpaired) electrons. The van der Waals surface area contributed by atoms with E-state index in [4.69, 9.17) is 10.5 Å². The molecule has 3 N–H and O–H groups in total. The van der Waals surface area contributed by atoms with Gasteiger partial charge in [-0.2, -0.15) is 0 Å². The fourth-order valence-corrected chi connectivity index (χ4v) is 3.78. The molecule has 30 heavy (non-hydrogen) atoms. The molecule has 6 nitrogen and oxygen atoms in total. The first-order chi connectivity index (χ1) is 14.7. The minimum atomic E-state index is -0.0979. The zero-order valence-corrected chi connectivity index (χ0v) is 19.6. The van der Waals surface area contributed by atoms with E-state index in [-0.39, 0.29) is 5.95 Å². The molecule has 0 saturated heterocycles. The number of anilines is 2. The Hall–Kier alpha value is -1.72. The number of rotatable bonds is 20. The SMILES string of the molecule is CCCCCCCCCCCCCCCCCCCNc1cc(OC)nc(N)[n+]1[O-]. The summed E-state index contributed by atoms with van der Waals surface area (Å²) >= 11 is 0. The molecule has 0 saturated carbocycles. The van der Waals surface area contributed by atoms with Crippen molar-refractivity contribution in [1.29, 1.82) is 0 Å². The van der Waals surface area contributed by atoms with Crippen LogP contribution in [0.5, 0.6) is 5.88 Å². The number of nitrogens with two attached hydrogens (primary N) is 1. The average Bonchev–Trinajstić information content (AvgIpc) is 2.75. The summed E-state index contributed by atoms with van der Waals surface area (Å²) in [7, 11) is 1.51. The molecular weight excluding hydrogens is 376 g/mol. The van der Waals surface area contributed by atoms with Crippen LogP contribution in [-0.2, 0) is 0 Å². The molecule has 1 rings (SSSR count). The van der Waals surface area contributed by atoms with Gasteiger partial charge in [-0.3, -0.25) is 0 Å². The first-order valence-electron chi connectivity index (χ1n) is 12.4. The Labute approximate surface area is 184 Å². The van der Waals surface area contributed by atoms with Crippen LogP contribution in [0, 0.1) is 5.21 Å². The van der Waals surface area contributed by atoms with Gasteiger partial charge in [-0.05, 0) is 6.42 Å². The zero-order valence-electron chi connectivity index (χ0n) is 19.6. The number of ether oxygens (including phenoxy) is 1. The second-order valence-corrected chi connectivity index (χ2v) is 8.42. The Morgan fingerprint density at radius 2 is 1.27 bits per heavy atom. The van der Waals surface area contributed by atoms with E-state index in [0.29, 0.717) is 16.4 Å². The van der Waals surface area contributed by atoms with E-state index in [2.05, 4.69) is 17.2 Å². The second-order valence-electron chi connectivity index (χ2n) is 8.42. The van der Waals surface area contributed by atoms with Gasteiger partial charge in [0.15, 0.2) is 0 Å². The average molecular weight is 423 g/mol. The Morgan fingerprint density at radius 3 is 1.70 bits per heavy atom. The molecular formula is C24H46N4O2. The van der Waals surface area contributed by atoms with E-state index in [1.54, 1.807) is 6.07 Å². The molecule has 1 heterocycles. The first kappa shape index (κ1) is 26.3. The van der Waals surface area contributed by atoms with Gasteiger partial charge in [-0.1, -0.05) is 115 Å². The van der Waals surface area contributed by atoms with Crippen LogP contribution in [0.1, 0.15) is 116 Å². The van der Waals surface area contributed by atoms with E-state index < -0.39 is 0 Å². The van der Waals surface area contributed by atoms with Gasteiger partial charge < -0.3 is 21.0 Å². The Kier molecular flexibility index (Phi) is 15.9. The highest BCUT2D eigenvalue weighted by Gasteiger charge is 2.10. The molecule has 1 aromatic rings. The van der Waals surface area contributed by atoms with Crippen LogP contribution in [0.4, 0.5) is 11.8 Å². The van der Waals surface area contributed by atoms with Crippen LogP contribution in [-0.4, -0.2) is 18.6 Å². The lowest BCUT2D eigenvalue weighted by Gasteiger charge is -2.13. The van der Waals surface area contributed by atoms with Gasteiger partial charge in [-0.25, -0.2) is 4.73 Å². The first-order valence-corrected chi connectivity index (χ1v) is 12.4. The molecule has 0 atom stereocenters. The summed E-state index contributed by atoms with van der Waals surface area (Å²) < 4.78 is 5.65. The third-order valence-electron chi connectivity index (χ3n) is 5.71. The van der Waals surface area contributed by atoms with Gasteiger partial charge in [0, 0.05) is 6.54 Å². The quantitative estimate of drug-likeness (QED) is 0.145. The summed E-state index contributed by atoms with van der Waals surface area (Å²) in [6.07, 6.45) is 23.1. The molecule has 6 heteroatoms. The minimum Gasteiger partial charge on any atom is -0.754 e. The molecule has 174 valence electrons. The van der Waals surface area contributed by atoms with Crippen molar-refractivity contribution in [3.05, 3.63) is 11.3 Å². The monoisotopic (exact) mass is 422 g/mol. The lowest BCUT2D eigenvalue weighted by molar-refractivity contribution is -0.577. The van der Waals surface area contributed by atoms with Gasteiger partial charge in [0.25, 0.3) is 5.88 Å². The predicted molar refractivity (Wildman–Crippen MR) is 127 cm³/mol. The summed E-state index contributed by atoms with van der Waals surface area (Å²) in [5, 5.41) is 15.0. The molecule has 1 aromatic heterocycles. The summed E-state index contributed by atoms with van der Waals surface area (Å²) in [4.78, 5) is 3.85. The fraction of sp³-hybridized carbons (Fsp3) is 0.833. The molecule has 0 unspecified atom stereocenters. The standard InChI is InChI=1S/C24H46N4O2/c1-3-4-5-6-7-8-9-10-11-12-13-14-15-16-17-18-19-20-26-22-21-23(30-2)27-24(25)28(22)29/h21,26H,3-20H2,1-2H3,(H2,25,27). The number of nitrogens with one attached hydrogen (secondary N) is 1. The number of unbranched alkanes of at least 4 members (excludes halogenated alkanes) is 16. The molecule has 0 amide bonds. The predicted octanol–water partition coefficient (Wildman–Crippen LogP) is 6.37. The van der Waals surface area contributed by atoms with Crippen molar-refractivity contribution in [2.45, 2.75) is 116 Å². The summed E-state index contributed by atoms with van der Waals surface area (Å²) in [6, 6.07) is 1.58. The largest absolute Gasteiger partial charge is 0.754 e. The Morgan fingerprint density at radius 1 is 0.833 bits per heavy atom. The van der Waals surface area contributed by atoms with E-state index >= 15 is 0 Å². The maximum absolute atomic E-state index is 11.9. The van der Waals surface area contributed by atoms with Crippen molar-refractivity contribution in [3.8, 4) is 5.88 Å². The molecule has 0 aliphatic heterocycles. The summed E-state index contributed by atoms with van der Waals surface area (Å²) in [5.41, 5.74) is 5.59.